The number of nitrogens with one attached hydrogen (secondary N) is 1. The normalized spacial score (nSPS) is 11.3. The van der Waals surface area contributed by atoms with E-state index < -0.39 is 16.6 Å². The third-order valence-corrected chi connectivity index (χ3v) is 4.41. The van der Waals surface area contributed by atoms with Crippen molar-refractivity contribution in [3.8, 4) is 0 Å². The summed E-state index contributed by atoms with van der Waals surface area (Å²) in [5.41, 5.74) is 0.239. The SMILES string of the molecule is O=S(=O)(Nc1nccnn1)c1cc(CO)c(Cl)cc1Cl. The van der Waals surface area contributed by atoms with Gasteiger partial charge in [-0.1, -0.05) is 23.2 Å². The second-order valence-corrected chi connectivity index (χ2v) is 6.07. The molecule has 0 bridgehead atoms. The predicted octanol–water partition coefficient (Wildman–Crippen LogP) is 1.47. The molecule has 0 aliphatic heterocycles. The third-order valence-electron chi connectivity index (χ3n) is 2.27. The second-order valence-electron chi connectivity index (χ2n) is 3.60. The Bertz CT molecular complexity index is 725. The highest BCUT2D eigenvalue weighted by Gasteiger charge is 2.21. The van der Waals surface area contributed by atoms with Crippen molar-refractivity contribution in [1.29, 1.82) is 0 Å². The summed E-state index contributed by atoms with van der Waals surface area (Å²) in [7, 11) is -4.01. The van der Waals surface area contributed by atoms with Crippen molar-refractivity contribution >= 4 is 39.2 Å². The summed E-state index contributed by atoms with van der Waals surface area (Å²) in [6.45, 7) is -0.415. The Morgan fingerprint density at radius 2 is 1.95 bits per heavy atom. The van der Waals surface area contributed by atoms with Crippen LogP contribution < -0.4 is 4.72 Å². The first kappa shape index (κ1) is 14.9. The molecule has 0 amide bonds. The van der Waals surface area contributed by atoms with Crippen LogP contribution in [0, 0.1) is 0 Å². The fourth-order valence-electron chi connectivity index (χ4n) is 1.37. The van der Waals surface area contributed by atoms with E-state index in [-0.39, 0.29) is 26.5 Å². The molecule has 0 radical (unpaired) electrons. The lowest BCUT2D eigenvalue weighted by Gasteiger charge is -2.10. The molecule has 0 atom stereocenters. The molecule has 0 fully saturated rings. The summed E-state index contributed by atoms with van der Waals surface area (Å²) in [5, 5.41) is 16.2. The van der Waals surface area contributed by atoms with Crippen molar-refractivity contribution in [2.75, 3.05) is 4.72 Å². The van der Waals surface area contributed by atoms with Gasteiger partial charge in [0.15, 0.2) is 0 Å². The van der Waals surface area contributed by atoms with Crippen LogP contribution in [-0.2, 0) is 16.6 Å². The van der Waals surface area contributed by atoms with Crippen LogP contribution in [0.2, 0.25) is 10.0 Å². The monoisotopic (exact) mass is 334 g/mol. The summed E-state index contributed by atoms with van der Waals surface area (Å²) in [4.78, 5) is 3.46. The molecule has 7 nitrogen and oxygen atoms in total. The number of hydrogen-bond acceptors (Lipinski definition) is 6. The van der Waals surface area contributed by atoms with Gasteiger partial charge in [0.1, 0.15) is 4.90 Å². The minimum absolute atomic E-state index is 0.0800. The highest BCUT2D eigenvalue weighted by Crippen LogP contribution is 2.29. The van der Waals surface area contributed by atoms with Gasteiger partial charge in [-0.25, -0.2) is 18.1 Å². The van der Waals surface area contributed by atoms with E-state index in [2.05, 4.69) is 19.9 Å². The Labute approximate surface area is 124 Å². The van der Waals surface area contributed by atoms with Crippen LogP contribution >= 0.6 is 23.2 Å². The number of anilines is 1. The summed E-state index contributed by atoms with van der Waals surface area (Å²) < 4.78 is 26.5. The van der Waals surface area contributed by atoms with Gasteiger partial charge in [0.05, 0.1) is 24.0 Å². The van der Waals surface area contributed by atoms with E-state index in [0.717, 1.165) is 0 Å². The molecule has 0 saturated carbocycles. The fraction of sp³-hybridized carbons (Fsp3) is 0.100. The van der Waals surface area contributed by atoms with Crippen LogP contribution in [0.25, 0.3) is 0 Å². The molecule has 0 aliphatic carbocycles. The van der Waals surface area contributed by atoms with Gasteiger partial charge in [0, 0.05) is 5.02 Å². The van der Waals surface area contributed by atoms with E-state index in [1.807, 2.05) is 0 Å². The van der Waals surface area contributed by atoms with E-state index in [1.54, 1.807) is 0 Å². The van der Waals surface area contributed by atoms with Crippen LogP contribution in [0.5, 0.6) is 0 Å². The summed E-state index contributed by atoms with van der Waals surface area (Å²) >= 11 is 11.7. The standard InChI is InChI=1S/C10H8Cl2N4O3S/c11-7-4-8(12)9(3-6(7)5-17)20(18,19)16-10-13-1-2-14-15-10/h1-4,17H,5H2,(H,13,15,16). The van der Waals surface area contributed by atoms with Crippen LogP contribution in [0.4, 0.5) is 5.95 Å². The number of aliphatic hydroxyl groups is 1. The summed E-state index contributed by atoms with van der Waals surface area (Å²) in [5.74, 6) is -0.191. The zero-order chi connectivity index (χ0) is 14.8. The molecule has 106 valence electrons. The smallest absolute Gasteiger partial charge is 0.265 e. The maximum absolute atomic E-state index is 12.2. The molecular weight excluding hydrogens is 327 g/mol. The molecule has 10 heteroatoms. The molecule has 1 heterocycles. The number of aliphatic hydroxyl groups excluding tert-OH is 1. The first-order valence-electron chi connectivity index (χ1n) is 5.19. The van der Waals surface area contributed by atoms with Crippen LogP contribution in [0.3, 0.4) is 0 Å². The Balaban J connectivity index is 2.44. The Kier molecular flexibility index (Phi) is 4.39. The highest BCUT2D eigenvalue weighted by atomic mass is 35.5. The van der Waals surface area contributed by atoms with E-state index in [0.29, 0.717) is 0 Å². The van der Waals surface area contributed by atoms with E-state index in [4.69, 9.17) is 28.3 Å². The highest BCUT2D eigenvalue weighted by molar-refractivity contribution is 7.92. The largest absolute Gasteiger partial charge is 0.392 e. The van der Waals surface area contributed by atoms with Crippen LogP contribution in [0.15, 0.2) is 29.4 Å². The molecule has 0 spiro atoms. The third kappa shape index (κ3) is 3.15. The van der Waals surface area contributed by atoms with Gasteiger partial charge >= 0.3 is 0 Å². The van der Waals surface area contributed by atoms with Crippen LogP contribution in [-0.4, -0.2) is 28.7 Å². The van der Waals surface area contributed by atoms with E-state index in [9.17, 15) is 8.42 Å². The van der Waals surface area contributed by atoms with Crippen molar-refractivity contribution in [1.82, 2.24) is 15.2 Å². The maximum atomic E-state index is 12.2. The number of rotatable bonds is 4. The van der Waals surface area contributed by atoms with Crippen molar-refractivity contribution < 1.29 is 13.5 Å². The lowest BCUT2D eigenvalue weighted by atomic mass is 10.2. The number of hydrogen-bond donors (Lipinski definition) is 2. The van der Waals surface area contributed by atoms with Gasteiger partial charge in [0.2, 0.25) is 0 Å². The first-order chi connectivity index (χ1) is 9.44. The summed E-state index contributed by atoms with van der Waals surface area (Å²) in [6.07, 6.45) is 2.59. The van der Waals surface area contributed by atoms with Gasteiger partial charge in [-0.05, 0) is 17.7 Å². The van der Waals surface area contributed by atoms with Gasteiger partial charge in [0.25, 0.3) is 16.0 Å². The minimum atomic E-state index is -4.01. The van der Waals surface area contributed by atoms with Gasteiger partial charge in [-0.3, -0.25) is 0 Å². The average Bonchev–Trinajstić information content (AvgIpc) is 2.39. The lowest BCUT2D eigenvalue weighted by Crippen LogP contribution is -2.16. The van der Waals surface area contributed by atoms with Crippen molar-refractivity contribution in [3.05, 3.63) is 40.1 Å². The quantitative estimate of drug-likeness (QED) is 0.877. The van der Waals surface area contributed by atoms with Crippen LogP contribution in [0.1, 0.15) is 5.56 Å². The Morgan fingerprint density at radius 1 is 1.20 bits per heavy atom. The second kappa shape index (κ2) is 5.88. The zero-order valence-corrected chi connectivity index (χ0v) is 12.1. The van der Waals surface area contributed by atoms with Gasteiger partial charge in [-0.15, -0.1) is 5.10 Å². The Hall–Kier alpha value is -1.48. The van der Waals surface area contributed by atoms with Crippen molar-refractivity contribution in [2.45, 2.75) is 11.5 Å². The summed E-state index contributed by atoms with van der Waals surface area (Å²) in [6, 6.07) is 2.43. The molecule has 1 aromatic heterocycles. The molecule has 0 unspecified atom stereocenters. The molecule has 1 aromatic carbocycles. The minimum Gasteiger partial charge on any atom is -0.392 e. The maximum Gasteiger partial charge on any atom is 0.265 e. The molecule has 2 N–H and O–H groups in total. The van der Waals surface area contributed by atoms with Crippen molar-refractivity contribution in [2.24, 2.45) is 0 Å². The van der Waals surface area contributed by atoms with E-state index >= 15 is 0 Å². The topological polar surface area (TPSA) is 105 Å². The van der Waals surface area contributed by atoms with Gasteiger partial charge in [-0.2, -0.15) is 5.10 Å². The van der Waals surface area contributed by atoms with E-state index in [1.165, 1.54) is 24.5 Å². The molecule has 2 aromatic rings. The number of benzene rings is 1. The fourth-order valence-corrected chi connectivity index (χ4v) is 3.17. The number of sulfonamides is 1. The number of aromatic nitrogens is 3. The number of halogens is 2. The molecule has 2 rings (SSSR count). The molecule has 20 heavy (non-hydrogen) atoms. The van der Waals surface area contributed by atoms with Gasteiger partial charge < -0.3 is 5.11 Å². The molecule has 0 saturated heterocycles. The zero-order valence-electron chi connectivity index (χ0n) is 9.79. The lowest BCUT2D eigenvalue weighted by molar-refractivity contribution is 0.281. The molecular formula is C10H8Cl2N4O3S. The number of nitrogens with zero attached hydrogens (tertiary/aromatic N) is 3. The average molecular weight is 335 g/mol. The Morgan fingerprint density at radius 3 is 2.55 bits per heavy atom. The van der Waals surface area contributed by atoms with Crippen molar-refractivity contribution in [3.63, 3.8) is 0 Å². The first-order valence-corrected chi connectivity index (χ1v) is 7.43. The molecule has 0 aliphatic rings. The predicted molar refractivity (Wildman–Crippen MR) is 73.0 cm³/mol.